The normalized spacial score (nSPS) is 10.3. The van der Waals surface area contributed by atoms with Crippen molar-refractivity contribution in [3.8, 4) is 0 Å². The molecular weight excluding hydrogens is 298 g/mol. The van der Waals surface area contributed by atoms with E-state index in [0.29, 0.717) is 16.1 Å². The molecule has 1 aromatic heterocycles. The third-order valence-corrected chi connectivity index (χ3v) is 4.10. The molecule has 22 heavy (non-hydrogen) atoms. The smallest absolute Gasteiger partial charge is 0.267 e. The Balaban J connectivity index is 2.13. The second-order valence-corrected chi connectivity index (χ2v) is 6.03. The lowest BCUT2D eigenvalue weighted by molar-refractivity contribution is 0.101. The summed E-state index contributed by atoms with van der Waals surface area (Å²) in [5.74, 6) is -0.245. The first kappa shape index (κ1) is 16.2. The van der Waals surface area contributed by atoms with E-state index in [2.05, 4.69) is 22.5 Å². The van der Waals surface area contributed by atoms with Gasteiger partial charge in [0.25, 0.3) is 5.91 Å². The van der Waals surface area contributed by atoms with Gasteiger partial charge in [0, 0.05) is 17.8 Å². The number of amides is 1. The number of rotatable bonds is 6. The number of nitrogens with one attached hydrogen (secondary N) is 2. The van der Waals surface area contributed by atoms with Gasteiger partial charge in [0.2, 0.25) is 0 Å². The Labute approximate surface area is 133 Å². The molecule has 0 radical (unpaired) electrons. The van der Waals surface area contributed by atoms with E-state index in [1.54, 1.807) is 18.3 Å². The van der Waals surface area contributed by atoms with Crippen LogP contribution >= 0.6 is 11.3 Å². The standard InChI is InChI=1S/C16H19N3O2S/c1-4-7-17-16-18-9-14(22-16)15(21)19-13-8-12(11(3)20)6-5-10(13)2/h5-6,8-9H,4,7H2,1-3H3,(H,17,18)(H,19,21). The first-order valence-corrected chi connectivity index (χ1v) is 7.95. The number of carbonyl (C=O) groups is 2. The Hall–Kier alpha value is -2.21. The fourth-order valence-electron chi connectivity index (χ4n) is 1.85. The molecule has 0 atom stereocenters. The lowest BCUT2D eigenvalue weighted by Crippen LogP contribution is -2.11. The first-order valence-electron chi connectivity index (χ1n) is 7.14. The second-order valence-electron chi connectivity index (χ2n) is 5.00. The van der Waals surface area contributed by atoms with Gasteiger partial charge in [-0.3, -0.25) is 9.59 Å². The average Bonchev–Trinajstić information content (AvgIpc) is 2.96. The van der Waals surface area contributed by atoms with Gasteiger partial charge in [0.15, 0.2) is 10.9 Å². The number of Topliss-reactive ketones (excluding diaryl/α,β-unsaturated/α-hetero) is 1. The van der Waals surface area contributed by atoms with Crippen LogP contribution in [0.15, 0.2) is 24.4 Å². The van der Waals surface area contributed by atoms with Crippen molar-refractivity contribution >= 4 is 33.8 Å². The number of aromatic nitrogens is 1. The number of nitrogens with zero attached hydrogens (tertiary/aromatic N) is 1. The minimum atomic E-state index is -0.217. The molecular formula is C16H19N3O2S. The molecule has 0 aliphatic rings. The van der Waals surface area contributed by atoms with Crippen LogP contribution in [0.3, 0.4) is 0 Å². The summed E-state index contributed by atoms with van der Waals surface area (Å²) in [7, 11) is 0. The van der Waals surface area contributed by atoms with Gasteiger partial charge < -0.3 is 10.6 Å². The van der Waals surface area contributed by atoms with E-state index in [4.69, 9.17) is 0 Å². The molecule has 0 unspecified atom stereocenters. The van der Waals surface area contributed by atoms with Gasteiger partial charge in [-0.25, -0.2) is 4.98 Å². The van der Waals surface area contributed by atoms with Gasteiger partial charge in [0.05, 0.1) is 6.20 Å². The van der Waals surface area contributed by atoms with E-state index in [0.717, 1.165) is 23.7 Å². The molecule has 116 valence electrons. The molecule has 0 saturated carbocycles. The summed E-state index contributed by atoms with van der Waals surface area (Å²) in [4.78, 5) is 28.4. The van der Waals surface area contributed by atoms with Gasteiger partial charge in [-0.15, -0.1) is 0 Å². The van der Waals surface area contributed by atoms with Crippen molar-refractivity contribution in [1.82, 2.24) is 4.98 Å². The summed E-state index contributed by atoms with van der Waals surface area (Å²) in [6.45, 7) is 6.29. The van der Waals surface area contributed by atoms with Gasteiger partial charge in [0.1, 0.15) is 4.88 Å². The third kappa shape index (κ3) is 3.92. The molecule has 0 aliphatic heterocycles. The van der Waals surface area contributed by atoms with Crippen LogP contribution in [-0.2, 0) is 0 Å². The van der Waals surface area contributed by atoms with E-state index in [1.807, 2.05) is 13.0 Å². The molecule has 1 amide bonds. The third-order valence-electron chi connectivity index (χ3n) is 3.15. The maximum absolute atomic E-state index is 12.3. The number of hydrogen-bond donors (Lipinski definition) is 2. The fourth-order valence-corrected chi connectivity index (χ4v) is 2.59. The van der Waals surface area contributed by atoms with Crippen LogP contribution in [0.4, 0.5) is 10.8 Å². The van der Waals surface area contributed by atoms with E-state index in [-0.39, 0.29) is 11.7 Å². The Morgan fingerprint density at radius 1 is 1.32 bits per heavy atom. The van der Waals surface area contributed by atoms with Crippen molar-refractivity contribution < 1.29 is 9.59 Å². The summed E-state index contributed by atoms with van der Waals surface area (Å²) >= 11 is 1.32. The highest BCUT2D eigenvalue weighted by Gasteiger charge is 2.13. The molecule has 5 nitrogen and oxygen atoms in total. The zero-order valence-corrected chi connectivity index (χ0v) is 13.7. The van der Waals surface area contributed by atoms with Gasteiger partial charge in [-0.1, -0.05) is 30.4 Å². The summed E-state index contributed by atoms with van der Waals surface area (Å²) in [5, 5.41) is 6.73. The Bertz CT molecular complexity index is 694. The first-order chi connectivity index (χ1) is 10.5. The predicted octanol–water partition coefficient (Wildman–Crippen LogP) is 3.73. The van der Waals surface area contributed by atoms with Crippen LogP contribution in [0.2, 0.25) is 0 Å². The van der Waals surface area contributed by atoms with Crippen LogP contribution in [0.5, 0.6) is 0 Å². The monoisotopic (exact) mass is 317 g/mol. The van der Waals surface area contributed by atoms with Crippen molar-refractivity contribution in [3.63, 3.8) is 0 Å². The molecule has 1 aromatic carbocycles. The Morgan fingerprint density at radius 2 is 2.09 bits per heavy atom. The van der Waals surface area contributed by atoms with Crippen LogP contribution < -0.4 is 10.6 Å². The summed E-state index contributed by atoms with van der Waals surface area (Å²) < 4.78 is 0. The highest BCUT2D eigenvalue weighted by Crippen LogP contribution is 2.22. The van der Waals surface area contributed by atoms with E-state index in [1.165, 1.54) is 18.3 Å². The molecule has 1 heterocycles. The minimum absolute atomic E-state index is 0.0284. The molecule has 0 spiro atoms. The quantitative estimate of drug-likeness (QED) is 0.796. The van der Waals surface area contributed by atoms with Crippen LogP contribution in [0, 0.1) is 6.92 Å². The van der Waals surface area contributed by atoms with Gasteiger partial charge in [-0.05, 0) is 31.9 Å². The number of anilines is 2. The Morgan fingerprint density at radius 3 is 2.77 bits per heavy atom. The average molecular weight is 317 g/mol. The predicted molar refractivity (Wildman–Crippen MR) is 90.0 cm³/mol. The van der Waals surface area contributed by atoms with Crippen molar-refractivity contribution in [2.75, 3.05) is 17.2 Å². The molecule has 6 heteroatoms. The highest BCUT2D eigenvalue weighted by molar-refractivity contribution is 7.17. The lowest BCUT2D eigenvalue weighted by atomic mass is 10.1. The zero-order chi connectivity index (χ0) is 16.1. The highest BCUT2D eigenvalue weighted by atomic mass is 32.1. The number of hydrogen-bond acceptors (Lipinski definition) is 5. The number of carbonyl (C=O) groups excluding carboxylic acids is 2. The molecule has 0 saturated heterocycles. The van der Waals surface area contributed by atoms with Crippen molar-refractivity contribution in [3.05, 3.63) is 40.4 Å². The largest absolute Gasteiger partial charge is 0.362 e. The second kappa shape index (κ2) is 7.17. The van der Waals surface area contributed by atoms with E-state index < -0.39 is 0 Å². The maximum atomic E-state index is 12.3. The Kier molecular flexibility index (Phi) is 5.27. The number of ketones is 1. The van der Waals surface area contributed by atoms with Crippen molar-refractivity contribution in [1.29, 1.82) is 0 Å². The topological polar surface area (TPSA) is 71.1 Å². The maximum Gasteiger partial charge on any atom is 0.267 e. The molecule has 2 N–H and O–H groups in total. The molecule has 0 aliphatic carbocycles. The molecule has 0 fully saturated rings. The summed E-state index contributed by atoms with van der Waals surface area (Å²) in [5.41, 5.74) is 2.14. The van der Waals surface area contributed by atoms with Gasteiger partial charge >= 0.3 is 0 Å². The van der Waals surface area contributed by atoms with E-state index in [9.17, 15) is 9.59 Å². The van der Waals surface area contributed by atoms with E-state index >= 15 is 0 Å². The van der Waals surface area contributed by atoms with Gasteiger partial charge in [-0.2, -0.15) is 0 Å². The number of thiazole rings is 1. The number of benzene rings is 1. The molecule has 2 rings (SSSR count). The van der Waals surface area contributed by atoms with Crippen LogP contribution in [0.1, 0.15) is 45.9 Å². The summed E-state index contributed by atoms with van der Waals surface area (Å²) in [6.07, 6.45) is 2.56. The van der Waals surface area contributed by atoms with Crippen LogP contribution in [0.25, 0.3) is 0 Å². The number of aryl methyl sites for hydroxylation is 1. The summed E-state index contributed by atoms with van der Waals surface area (Å²) in [6, 6.07) is 5.28. The lowest BCUT2D eigenvalue weighted by Gasteiger charge is -2.08. The molecule has 2 aromatic rings. The van der Waals surface area contributed by atoms with Crippen molar-refractivity contribution in [2.24, 2.45) is 0 Å². The zero-order valence-electron chi connectivity index (χ0n) is 12.9. The fraction of sp³-hybridized carbons (Fsp3) is 0.312. The van der Waals surface area contributed by atoms with Crippen molar-refractivity contribution in [2.45, 2.75) is 27.2 Å². The van der Waals surface area contributed by atoms with Crippen LogP contribution in [-0.4, -0.2) is 23.2 Å². The molecule has 0 bridgehead atoms. The minimum Gasteiger partial charge on any atom is -0.362 e. The SMILES string of the molecule is CCCNc1ncc(C(=O)Nc2cc(C(C)=O)ccc2C)s1.